The maximum Gasteiger partial charge on any atom is 0.0705 e. The zero-order chi connectivity index (χ0) is 17.8. The molecule has 0 bridgehead atoms. The van der Waals surface area contributed by atoms with Gasteiger partial charge in [-0.15, -0.1) is 34.0 Å². The van der Waals surface area contributed by atoms with Crippen molar-refractivity contribution in [3.05, 3.63) is 43.0 Å². The van der Waals surface area contributed by atoms with Gasteiger partial charge in [0, 0.05) is 19.5 Å². The van der Waals surface area contributed by atoms with Crippen molar-refractivity contribution in [2.75, 3.05) is 0 Å². The molecule has 0 fully saturated rings. The van der Waals surface area contributed by atoms with E-state index in [1.165, 1.54) is 65.6 Å². The lowest BCUT2D eigenvalue weighted by Crippen LogP contribution is -1.94. The number of hydrogen-bond acceptors (Lipinski definition) is 3. The van der Waals surface area contributed by atoms with Crippen molar-refractivity contribution in [3.63, 3.8) is 0 Å². The van der Waals surface area contributed by atoms with Gasteiger partial charge in [-0.3, -0.25) is 0 Å². The van der Waals surface area contributed by atoms with E-state index in [-0.39, 0.29) is 0 Å². The molecule has 0 nitrogen and oxygen atoms in total. The Bertz CT molecular complexity index is 759. The van der Waals surface area contributed by atoms with Crippen molar-refractivity contribution < 1.29 is 0 Å². The van der Waals surface area contributed by atoms with Crippen LogP contribution >= 0.6 is 65.9 Å². The fraction of sp³-hybridized carbons (Fsp3) is 0.400. The van der Waals surface area contributed by atoms with Gasteiger partial charge in [0.05, 0.1) is 7.57 Å². The van der Waals surface area contributed by atoms with Crippen LogP contribution in [0.2, 0.25) is 0 Å². The van der Waals surface area contributed by atoms with Crippen LogP contribution in [0, 0.1) is 0 Å². The predicted molar refractivity (Wildman–Crippen MR) is 124 cm³/mol. The molecule has 3 aromatic rings. The summed E-state index contributed by atoms with van der Waals surface area (Å²) < 4.78 is 2.43. The smallest absolute Gasteiger partial charge is 0.0705 e. The van der Waals surface area contributed by atoms with Gasteiger partial charge in [0.1, 0.15) is 0 Å². The van der Waals surface area contributed by atoms with Crippen LogP contribution < -0.4 is 0 Å². The maximum atomic E-state index is 3.64. The molecule has 0 N–H and O–H groups in total. The van der Waals surface area contributed by atoms with E-state index < -0.39 is 0 Å². The van der Waals surface area contributed by atoms with E-state index in [0.29, 0.717) is 0 Å². The second-order valence-electron chi connectivity index (χ2n) is 6.13. The Morgan fingerprint density at radius 2 is 1.12 bits per heavy atom. The molecule has 0 aliphatic carbocycles. The fourth-order valence-electron chi connectivity index (χ4n) is 3.01. The number of hydrogen-bond donors (Lipinski definition) is 0. The van der Waals surface area contributed by atoms with E-state index in [0.717, 1.165) is 0 Å². The third-order valence-electron chi connectivity index (χ3n) is 4.27. The molecule has 0 unspecified atom stereocenters. The van der Waals surface area contributed by atoms with Gasteiger partial charge in [0.25, 0.3) is 0 Å². The first-order chi connectivity index (χ1) is 12.1. The van der Waals surface area contributed by atoms with Gasteiger partial charge < -0.3 is 0 Å². The summed E-state index contributed by atoms with van der Waals surface area (Å²) in [6.07, 6.45) is 7.42. The van der Waals surface area contributed by atoms with Crippen LogP contribution in [0.15, 0.2) is 31.8 Å². The zero-order valence-corrected chi connectivity index (χ0v) is 20.2. The second kappa shape index (κ2) is 9.32. The Balaban J connectivity index is 2.14. The van der Waals surface area contributed by atoms with E-state index in [1.807, 2.05) is 34.0 Å². The number of thiophene rings is 3. The zero-order valence-electron chi connectivity index (χ0n) is 14.5. The average molecular weight is 518 g/mol. The summed E-state index contributed by atoms with van der Waals surface area (Å²) in [5, 5.41) is 0. The lowest BCUT2D eigenvalue weighted by Gasteiger charge is -2.08. The number of rotatable bonds is 8. The summed E-state index contributed by atoms with van der Waals surface area (Å²) in [6, 6.07) is 8.90. The molecular weight excluding hydrogens is 496 g/mol. The molecule has 25 heavy (non-hydrogen) atoms. The van der Waals surface area contributed by atoms with Gasteiger partial charge in [0.15, 0.2) is 0 Å². The standard InChI is InChI=1S/C20H22Br2S3/c1-3-5-7-13-14(8-6-4-2)20(16-10-12-18(22)24-16)25-19(13)15-9-11-17(21)23-15/h9-12H,3-8H2,1-2H3. The number of unbranched alkanes of at least 4 members (excludes halogenated alkanes) is 2. The number of halogens is 2. The Kier molecular flexibility index (Phi) is 7.38. The Labute approximate surface area is 179 Å². The van der Waals surface area contributed by atoms with Crippen molar-refractivity contribution in [1.82, 2.24) is 0 Å². The first kappa shape index (κ1) is 19.8. The molecule has 5 heteroatoms. The second-order valence-corrected chi connectivity index (χ2v) is 12.1. The van der Waals surface area contributed by atoms with Crippen molar-refractivity contribution in [2.24, 2.45) is 0 Å². The van der Waals surface area contributed by atoms with Crippen LogP contribution in [-0.4, -0.2) is 0 Å². The van der Waals surface area contributed by atoms with E-state index >= 15 is 0 Å². The molecular formula is C20H22Br2S3. The van der Waals surface area contributed by atoms with Gasteiger partial charge in [-0.2, -0.15) is 0 Å². The fourth-order valence-corrected chi connectivity index (χ4v) is 7.45. The Morgan fingerprint density at radius 3 is 1.44 bits per heavy atom. The van der Waals surface area contributed by atoms with Crippen LogP contribution in [0.1, 0.15) is 50.7 Å². The molecule has 3 aromatic heterocycles. The van der Waals surface area contributed by atoms with E-state index in [1.54, 1.807) is 11.1 Å². The molecule has 0 aliphatic rings. The molecule has 3 heterocycles. The highest BCUT2D eigenvalue weighted by molar-refractivity contribution is 9.11. The van der Waals surface area contributed by atoms with E-state index in [4.69, 9.17) is 0 Å². The van der Waals surface area contributed by atoms with Crippen LogP contribution in [0.3, 0.4) is 0 Å². The van der Waals surface area contributed by atoms with Crippen LogP contribution in [0.4, 0.5) is 0 Å². The predicted octanol–water partition coefficient (Wildman–Crippen LogP) is 9.42. The quantitative estimate of drug-likeness (QED) is 0.279. The minimum Gasteiger partial charge on any atom is -0.133 e. The molecule has 0 spiro atoms. The van der Waals surface area contributed by atoms with Crippen LogP contribution in [-0.2, 0) is 12.8 Å². The summed E-state index contributed by atoms with van der Waals surface area (Å²) in [5.74, 6) is 0. The lowest BCUT2D eigenvalue weighted by atomic mass is 9.97. The lowest BCUT2D eigenvalue weighted by molar-refractivity contribution is 0.764. The molecule has 0 aromatic carbocycles. The van der Waals surface area contributed by atoms with Crippen molar-refractivity contribution in [1.29, 1.82) is 0 Å². The molecule has 3 rings (SSSR count). The highest BCUT2D eigenvalue weighted by Crippen LogP contribution is 2.48. The normalized spacial score (nSPS) is 11.4. The van der Waals surface area contributed by atoms with E-state index in [9.17, 15) is 0 Å². The first-order valence-corrected chi connectivity index (χ1v) is 12.8. The summed E-state index contributed by atoms with van der Waals surface area (Å²) in [6.45, 7) is 4.58. The SMILES string of the molecule is CCCCc1c(-c2ccc(Br)s2)sc(-c2ccc(Br)s2)c1CCCC. The van der Waals surface area contributed by atoms with Gasteiger partial charge in [-0.1, -0.05) is 26.7 Å². The maximum absolute atomic E-state index is 3.64. The van der Waals surface area contributed by atoms with Crippen molar-refractivity contribution >= 4 is 65.9 Å². The molecule has 0 saturated heterocycles. The van der Waals surface area contributed by atoms with Gasteiger partial charge in [-0.05, 0) is 92.9 Å². The third-order valence-corrected chi connectivity index (χ3v) is 9.15. The largest absolute Gasteiger partial charge is 0.133 e. The van der Waals surface area contributed by atoms with Gasteiger partial charge >= 0.3 is 0 Å². The summed E-state index contributed by atoms with van der Waals surface area (Å²) in [7, 11) is 0. The molecule has 134 valence electrons. The Morgan fingerprint density at radius 1 is 0.680 bits per heavy atom. The molecule has 0 radical (unpaired) electrons. The topological polar surface area (TPSA) is 0 Å². The molecule has 0 amide bonds. The monoisotopic (exact) mass is 516 g/mol. The van der Waals surface area contributed by atoms with Crippen LogP contribution in [0.25, 0.3) is 19.5 Å². The first-order valence-electron chi connectivity index (χ1n) is 8.80. The van der Waals surface area contributed by atoms with Crippen molar-refractivity contribution in [2.45, 2.75) is 52.4 Å². The Hall–Kier alpha value is 0.0600. The average Bonchev–Trinajstić information content (AvgIpc) is 3.29. The van der Waals surface area contributed by atoms with Gasteiger partial charge in [0.2, 0.25) is 0 Å². The third kappa shape index (κ3) is 4.67. The summed E-state index contributed by atoms with van der Waals surface area (Å²) in [5.41, 5.74) is 3.21. The highest BCUT2D eigenvalue weighted by atomic mass is 79.9. The van der Waals surface area contributed by atoms with Gasteiger partial charge in [-0.25, -0.2) is 0 Å². The minimum absolute atomic E-state index is 1.20. The molecule has 0 atom stereocenters. The highest BCUT2D eigenvalue weighted by Gasteiger charge is 2.21. The summed E-state index contributed by atoms with van der Waals surface area (Å²) in [4.78, 5) is 5.80. The van der Waals surface area contributed by atoms with E-state index in [2.05, 4.69) is 70.0 Å². The van der Waals surface area contributed by atoms with Crippen molar-refractivity contribution in [3.8, 4) is 19.5 Å². The summed E-state index contributed by atoms with van der Waals surface area (Å²) >= 11 is 13.0. The molecule has 0 aliphatic heterocycles. The van der Waals surface area contributed by atoms with Crippen LogP contribution in [0.5, 0.6) is 0 Å². The minimum atomic E-state index is 1.20. The molecule has 0 saturated carbocycles.